The number of anilines is 1. The molecule has 2 heterocycles. The van der Waals surface area contributed by atoms with Crippen molar-refractivity contribution in [3.05, 3.63) is 30.3 Å². The summed E-state index contributed by atoms with van der Waals surface area (Å²) in [6.45, 7) is 5.40. The lowest BCUT2D eigenvalue weighted by Crippen LogP contribution is -2.34. The van der Waals surface area contributed by atoms with E-state index in [1.807, 2.05) is 6.07 Å². The second-order valence-electron chi connectivity index (χ2n) is 7.48. The lowest BCUT2D eigenvalue weighted by atomic mass is 9.89. The summed E-state index contributed by atoms with van der Waals surface area (Å²) in [5.74, 6) is 1.49. The van der Waals surface area contributed by atoms with Crippen molar-refractivity contribution in [2.24, 2.45) is 5.92 Å². The molecule has 25 heavy (non-hydrogen) atoms. The Balaban J connectivity index is 1.47. The Bertz CT molecular complexity index is 714. The lowest BCUT2D eigenvalue weighted by Gasteiger charge is -2.29. The van der Waals surface area contributed by atoms with Gasteiger partial charge >= 0.3 is 0 Å². The number of hydrogen-bond donors (Lipinski definition) is 0. The number of rotatable bonds is 3. The summed E-state index contributed by atoms with van der Waals surface area (Å²) in [6.07, 6.45) is 9.65. The highest BCUT2D eigenvalue weighted by molar-refractivity contribution is 5.89. The minimum atomic E-state index is -0.269. The standard InChI is InChI=1S/C20H27FN4/c21-18-9-4-8-17-19(18)22-15-23-20(17)25-11-5-10-24(12-13-25)14-16-6-2-1-3-7-16/h4,8-9,15-16H,1-3,5-7,10-14H2. The van der Waals surface area contributed by atoms with Gasteiger partial charge in [0.15, 0.2) is 0 Å². The van der Waals surface area contributed by atoms with Crippen molar-refractivity contribution in [1.82, 2.24) is 14.9 Å². The number of benzene rings is 1. The maximum absolute atomic E-state index is 14.0. The van der Waals surface area contributed by atoms with Gasteiger partial charge in [0.05, 0.1) is 0 Å². The number of aromatic nitrogens is 2. The zero-order chi connectivity index (χ0) is 17.1. The second-order valence-corrected chi connectivity index (χ2v) is 7.48. The van der Waals surface area contributed by atoms with E-state index in [1.165, 1.54) is 51.0 Å². The fourth-order valence-corrected chi connectivity index (χ4v) is 4.39. The average Bonchev–Trinajstić information content (AvgIpc) is 2.88. The Labute approximate surface area is 149 Å². The van der Waals surface area contributed by atoms with Crippen molar-refractivity contribution >= 4 is 16.7 Å². The van der Waals surface area contributed by atoms with Gasteiger partial charge in [0.25, 0.3) is 0 Å². The van der Waals surface area contributed by atoms with Crippen LogP contribution in [-0.2, 0) is 0 Å². The minimum absolute atomic E-state index is 0.269. The van der Waals surface area contributed by atoms with E-state index in [1.54, 1.807) is 6.07 Å². The van der Waals surface area contributed by atoms with E-state index < -0.39 is 0 Å². The molecule has 2 aliphatic rings. The highest BCUT2D eigenvalue weighted by atomic mass is 19.1. The number of hydrogen-bond acceptors (Lipinski definition) is 4. The molecule has 1 saturated heterocycles. The summed E-state index contributed by atoms with van der Waals surface area (Å²) in [4.78, 5) is 13.5. The predicted molar refractivity (Wildman–Crippen MR) is 99.3 cm³/mol. The fraction of sp³-hybridized carbons (Fsp3) is 0.600. The Morgan fingerprint density at radius 2 is 1.84 bits per heavy atom. The zero-order valence-corrected chi connectivity index (χ0v) is 14.8. The van der Waals surface area contributed by atoms with E-state index in [9.17, 15) is 4.39 Å². The van der Waals surface area contributed by atoms with Crippen LogP contribution in [0.25, 0.3) is 10.9 Å². The van der Waals surface area contributed by atoms with Crippen molar-refractivity contribution in [3.63, 3.8) is 0 Å². The lowest BCUT2D eigenvalue weighted by molar-refractivity contribution is 0.211. The van der Waals surface area contributed by atoms with Gasteiger partial charge in [0.2, 0.25) is 0 Å². The second kappa shape index (κ2) is 7.65. The first-order valence-electron chi connectivity index (χ1n) is 9.68. The van der Waals surface area contributed by atoms with Crippen LogP contribution in [0.15, 0.2) is 24.5 Å². The van der Waals surface area contributed by atoms with E-state index in [0.29, 0.717) is 5.52 Å². The molecule has 4 nitrogen and oxygen atoms in total. The van der Waals surface area contributed by atoms with E-state index in [4.69, 9.17) is 0 Å². The molecule has 0 radical (unpaired) electrons. The van der Waals surface area contributed by atoms with Crippen LogP contribution >= 0.6 is 0 Å². The smallest absolute Gasteiger partial charge is 0.149 e. The molecule has 4 rings (SSSR count). The molecule has 0 unspecified atom stereocenters. The van der Waals surface area contributed by atoms with Crippen LogP contribution in [0.2, 0.25) is 0 Å². The summed E-state index contributed by atoms with van der Waals surface area (Å²) in [5, 5.41) is 0.822. The maximum atomic E-state index is 14.0. The molecule has 2 fully saturated rings. The van der Waals surface area contributed by atoms with Crippen LogP contribution in [0.1, 0.15) is 38.5 Å². The molecule has 0 atom stereocenters. The highest BCUT2D eigenvalue weighted by Crippen LogP contribution is 2.27. The first-order valence-corrected chi connectivity index (χ1v) is 9.68. The Kier molecular flexibility index (Phi) is 5.11. The van der Waals surface area contributed by atoms with Gasteiger partial charge in [-0.25, -0.2) is 14.4 Å². The van der Waals surface area contributed by atoms with Gasteiger partial charge in [0.1, 0.15) is 23.5 Å². The number of nitrogens with zero attached hydrogens (tertiary/aromatic N) is 4. The SMILES string of the molecule is Fc1cccc2c(N3CCCN(CC4CCCCC4)CC3)ncnc12. The van der Waals surface area contributed by atoms with Crippen LogP contribution in [0.3, 0.4) is 0 Å². The molecule has 0 spiro atoms. The zero-order valence-electron chi connectivity index (χ0n) is 14.8. The first kappa shape index (κ1) is 16.7. The molecule has 1 saturated carbocycles. The van der Waals surface area contributed by atoms with Gasteiger partial charge < -0.3 is 9.80 Å². The van der Waals surface area contributed by atoms with Gasteiger partial charge in [-0.15, -0.1) is 0 Å². The van der Waals surface area contributed by atoms with Crippen molar-refractivity contribution in [2.45, 2.75) is 38.5 Å². The van der Waals surface area contributed by atoms with Crippen LogP contribution < -0.4 is 4.90 Å². The highest BCUT2D eigenvalue weighted by Gasteiger charge is 2.22. The van der Waals surface area contributed by atoms with Gasteiger partial charge in [-0.1, -0.05) is 25.3 Å². The van der Waals surface area contributed by atoms with Gasteiger partial charge in [-0.05, 0) is 43.9 Å². The topological polar surface area (TPSA) is 32.3 Å². The molecule has 0 amide bonds. The van der Waals surface area contributed by atoms with Gasteiger partial charge in [0, 0.05) is 31.6 Å². The molecule has 1 aliphatic heterocycles. The van der Waals surface area contributed by atoms with Crippen LogP contribution in [0.4, 0.5) is 10.2 Å². The van der Waals surface area contributed by atoms with E-state index >= 15 is 0 Å². The van der Waals surface area contributed by atoms with E-state index in [0.717, 1.165) is 49.7 Å². The first-order chi connectivity index (χ1) is 12.3. The number of fused-ring (bicyclic) bond motifs is 1. The summed E-state index contributed by atoms with van der Waals surface area (Å²) in [6, 6.07) is 5.14. The molecule has 5 heteroatoms. The van der Waals surface area contributed by atoms with Crippen molar-refractivity contribution < 1.29 is 4.39 Å². The monoisotopic (exact) mass is 342 g/mol. The van der Waals surface area contributed by atoms with Crippen LogP contribution in [0, 0.1) is 11.7 Å². The molecule has 1 aromatic carbocycles. The van der Waals surface area contributed by atoms with Crippen molar-refractivity contribution in [2.75, 3.05) is 37.6 Å². The van der Waals surface area contributed by atoms with Gasteiger partial charge in [-0.2, -0.15) is 0 Å². The number of halogens is 1. The van der Waals surface area contributed by atoms with Crippen molar-refractivity contribution in [3.8, 4) is 0 Å². The fourth-order valence-electron chi connectivity index (χ4n) is 4.39. The Hall–Kier alpha value is -1.75. The van der Waals surface area contributed by atoms with Crippen LogP contribution in [0.5, 0.6) is 0 Å². The Morgan fingerprint density at radius 1 is 0.960 bits per heavy atom. The quantitative estimate of drug-likeness (QED) is 0.848. The molecule has 134 valence electrons. The average molecular weight is 342 g/mol. The Morgan fingerprint density at radius 3 is 2.72 bits per heavy atom. The summed E-state index contributed by atoms with van der Waals surface area (Å²) in [5.41, 5.74) is 0.427. The largest absolute Gasteiger partial charge is 0.355 e. The minimum Gasteiger partial charge on any atom is -0.355 e. The van der Waals surface area contributed by atoms with Gasteiger partial charge in [-0.3, -0.25) is 0 Å². The molecular formula is C20H27FN4. The molecule has 1 aromatic heterocycles. The predicted octanol–water partition coefficient (Wildman–Crippen LogP) is 3.86. The molecule has 1 aliphatic carbocycles. The van der Waals surface area contributed by atoms with Crippen LogP contribution in [-0.4, -0.2) is 47.6 Å². The number of para-hydroxylation sites is 1. The summed E-state index contributed by atoms with van der Waals surface area (Å²) < 4.78 is 14.0. The third kappa shape index (κ3) is 3.76. The molecule has 0 bridgehead atoms. The van der Waals surface area contributed by atoms with E-state index in [2.05, 4.69) is 19.8 Å². The normalized spacial score (nSPS) is 20.8. The summed E-state index contributed by atoms with van der Waals surface area (Å²) in [7, 11) is 0. The molecular weight excluding hydrogens is 315 g/mol. The third-order valence-electron chi connectivity index (χ3n) is 5.72. The summed E-state index contributed by atoms with van der Waals surface area (Å²) >= 11 is 0. The third-order valence-corrected chi connectivity index (χ3v) is 5.72. The molecule has 2 aromatic rings. The van der Waals surface area contributed by atoms with Crippen molar-refractivity contribution in [1.29, 1.82) is 0 Å². The maximum Gasteiger partial charge on any atom is 0.149 e. The molecule has 0 N–H and O–H groups in total. The van der Waals surface area contributed by atoms with E-state index in [-0.39, 0.29) is 5.82 Å².